The van der Waals surface area contributed by atoms with Gasteiger partial charge in [0.1, 0.15) is 5.76 Å². The lowest BCUT2D eigenvalue weighted by atomic mass is 10.2. The van der Waals surface area contributed by atoms with E-state index in [0.29, 0.717) is 35.3 Å². The van der Waals surface area contributed by atoms with E-state index in [1.807, 2.05) is 43.3 Å². The number of nitrogens with one attached hydrogen (secondary N) is 2. The number of hydrogen-bond acceptors (Lipinski definition) is 5. The van der Waals surface area contributed by atoms with Crippen molar-refractivity contribution in [3.63, 3.8) is 0 Å². The van der Waals surface area contributed by atoms with E-state index in [1.54, 1.807) is 25.5 Å². The molecule has 0 radical (unpaired) electrons. The first-order chi connectivity index (χ1) is 14.0. The maximum atomic E-state index is 12.1. The minimum Gasteiger partial charge on any atom is -0.493 e. The number of anilines is 1. The number of methoxy groups -OCH3 is 1. The van der Waals surface area contributed by atoms with Gasteiger partial charge in [0.2, 0.25) is 0 Å². The van der Waals surface area contributed by atoms with Crippen molar-refractivity contribution < 1.29 is 18.7 Å². The minimum absolute atomic E-state index is 0.156. The predicted molar refractivity (Wildman–Crippen MR) is 113 cm³/mol. The summed E-state index contributed by atoms with van der Waals surface area (Å²) in [6, 6.07) is 14.7. The number of aryl methyl sites for hydroxylation is 1. The number of halogens is 1. The summed E-state index contributed by atoms with van der Waals surface area (Å²) in [6.07, 6.45) is 1.63. The Kier molecular flexibility index (Phi) is 7.16. The Bertz CT molecular complexity index is 940. The van der Waals surface area contributed by atoms with Crippen LogP contribution in [0.5, 0.6) is 11.5 Å². The number of amides is 1. The van der Waals surface area contributed by atoms with Crippen LogP contribution in [-0.2, 0) is 17.9 Å². The quantitative estimate of drug-likeness (QED) is 0.537. The molecule has 0 fully saturated rings. The Labute approximate surface area is 174 Å². The highest BCUT2D eigenvalue weighted by Crippen LogP contribution is 2.33. The van der Waals surface area contributed by atoms with Gasteiger partial charge in [0, 0.05) is 23.3 Å². The van der Waals surface area contributed by atoms with Crippen LogP contribution in [0.15, 0.2) is 59.2 Å². The third-order valence-corrected chi connectivity index (χ3v) is 4.57. The molecule has 1 aromatic heterocycles. The van der Waals surface area contributed by atoms with Crippen LogP contribution in [0.25, 0.3) is 0 Å². The van der Waals surface area contributed by atoms with Crippen molar-refractivity contribution in [1.29, 1.82) is 0 Å². The second kappa shape index (κ2) is 10.0. The number of carbonyl (C=O) groups excluding carboxylic acids is 1. The van der Waals surface area contributed by atoms with Crippen LogP contribution in [0.4, 0.5) is 5.69 Å². The molecule has 0 aliphatic rings. The van der Waals surface area contributed by atoms with Crippen LogP contribution in [0.2, 0.25) is 5.02 Å². The molecule has 0 atom stereocenters. The highest BCUT2D eigenvalue weighted by atomic mass is 35.5. The summed E-state index contributed by atoms with van der Waals surface area (Å²) in [4.78, 5) is 12.1. The van der Waals surface area contributed by atoms with Gasteiger partial charge in [0.15, 0.2) is 18.1 Å². The van der Waals surface area contributed by atoms with Gasteiger partial charge in [0.25, 0.3) is 5.91 Å². The van der Waals surface area contributed by atoms with Crippen LogP contribution < -0.4 is 20.1 Å². The molecule has 6 nitrogen and oxygen atoms in total. The summed E-state index contributed by atoms with van der Waals surface area (Å²) in [6.45, 7) is 2.95. The average Bonchev–Trinajstić information content (AvgIpc) is 3.23. The van der Waals surface area contributed by atoms with Crippen molar-refractivity contribution in [2.24, 2.45) is 0 Å². The fourth-order valence-corrected chi connectivity index (χ4v) is 2.92. The first kappa shape index (κ1) is 20.8. The third-order valence-electron chi connectivity index (χ3n) is 4.22. The Hall–Kier alpha value is -2.96. The number of ether oxygens (including phenoxy) is 2. The largest absolute Gasteiger partial charge is 0.493 e. The Balaban J connectivity index is 1.57. The molecular weight excluding hydrogens is 392 g/mol. The number of rotatable bonds is 9. The first-order valence-electron chi connectivity index (χ1n) is 9.14. The summed E-state index contributed by atoms with van der Waals surface area (Å²) < 4.78 is 16.3. The molecule has 7 heteroatoms. The summed E-state index contributed by atoms with van der Waals surface area (Å²) in [5, 5.41) is 6.57. The zero-order valence-electron chi connectivity index (χ0n) is 16.3. The SMILES string of the molecule is COc1cc(CNCc2ccco2)c(Cl)cc1OCC(=O)Nc1ccc(C)cc1. The standard InChI is InChI=1S/C22H23ClN2O4/c1-15-5-7-17(8-6-15)25-22(26)14-29-21-11-19(23)16(10-20(21)27-2)12-24-13-18-4-3-9-28-18/h3-11,24H,12-14H2,1-2H3,(H,25,26). The van der Waals surface area contributed by atoms with Gasteiger partial charge in [-0.2, -0.15) is 0 Å². The van der Waals surface area contributed by atoms with E-state index < -0.39 is 0 Å². The molecule has 152 valence electrons. The molecule has 3 rings (SSSR count). The molecule has 0 aliphatic heterocycles. The van der Waals surface area contributed by atoms with E-state index in [0.717, 1.165) is 16.9 Å². The molecule has 0 saturated carbocycles. The van der Waals surface area contributed by atoms with Gasteiger partial charge < -0.3 is 24.5 Å². The van der Waals surface area contributed by atoms with Gasteiger partial charge >= 0.3 is 0 Å². The molecule has 0 bridgehead atoms. The minimum atomic E-state index is -0.267. The lowest BCUT2D eigenvalue weighted by molar-refractivity contribution is -0.118. The predicted octanol–water partition coefficient (Wildman–Crippen LogP) is 4.56. The van der Waals surface area contributed by atoms with Gasteiger partial charge in [-0.3, -0.25) is 4.79 Å². The van der Waals surface area contributed by atoms with E-state index in [9.17, 15) is 4.79 Å². The topological polar surface area (TPSA) is 72.7 Å². The van der Waals surface area contributed by atoms with Crippen molar-refractivity contribution in [3.8, 4) is 11.5 Å². The molecule has 1 amide bonds. The molecular formula is C22H23ClN2O4. The van der Waals surface area contributed by atoms with E-state index in [1.165, 1.54) is 0 Å². The monoisotopic (exact) mass is 414 g/mol. The number of hydrogen-bond donors (Lipinski definition) is 2. The smallest absolute Gasteiger partial charge is 0.262 e. The lowest BCUT2D eigenvalue weighted by Crippen LogP contribution is -2.20. The molecule has 0 aliphatic carbocycles. The highest BCUT2D eigenvalue weighted by Gasteiger charge is 2.13. The average molecular weight is 415 g/mol. The van der Waals surface area contributed by atoms with E-state index in [2.05, 4.69) is 10.6 Å². The Morgan fingerprint density at radius 3 is 2.59 bits per heavy atom. The van der Waals surface area contributed by atoms with Crippen LogP contribution in [0.3, 0.4) is 0 Å². The van der Waals surface area contributed by atoms with Crippen LogP contribution in [-0.4, -0.2) is 19.6 Å². The van der Waals surface area contributed by atoms with Crippen molar-refractivity contribution in [3.05, 3.63) is 76.7 Å². The van der Waals surface area contributed by atoms with Gasteiger partial charge in [-0.25, -0.2) is 0 Å². The summed E-state index contributed by atoms with van der Waals surface area (Å²) in [5.74, 6) is 1.49. The Morgan fingerprint density at radius 2 is 1.90 bits per heavy atom. The fraction of sp³-hybridized carbons (Fsp3) is 0.227. The van der Waals surface area contributed by atoms with Crippen molar-refractivity contribution in [2.45, 2.75) is 20.0 Å². The molecule has 29 heavy (non-hydrogen) atoms. The van der Waals surface area contributed by atoms with Crippen LogP contribution in [0.1, 0.15) is 16.9 Å². The van der Waals surface area contributed by atoms with Crippen LogP contribution in [0, 0.1) is 6.92 Å². The van der Waals surface area contributed by atoms with Crippen LogP contribution >= 0.6 is 11.6 Å². The van der Waals surface area contributed by atoms with Crippen molar-refractivity contribution >= 4 is 23.2 Å². The van der Waals surface area contributed by atoms with Gasteiger partial charge in [-0.15, -0.1) is 0 Å². The molecule has 0 unspecified atom stereocenters. The number of furan rings is 1. The summed E-state index contributed by atoms with van der Waals surface area (Å²) in [5.41, 5.74) is 2.69. The molecule has 2 N–H and O–H groups in total. The molecule has 0 saturated heterocycles. The zero-order valence-corrected chi connectivity index (χ0v) is 17.1. The second-order valence-electron chi connectivity index (χ2n) is 6.48. The number of benzene rings is 2. The number of carbonyl (C=O) groups is 1. The van der Waals surface area contributed by atoms with Crippen molar-refractivity contribution in [2.75, 3.05) is 19.0 Å². The normalized spacial score (nSPS) is 10.6. The molecule has 1 heterocycles. The molecule has 0 spiro atoms. The van der Waals surface area contributed by atoms with Crippen molar-refractivity contribution in [1.82, 2.24) is 5.32 Å². The second-order valence-corrected chi connectivity index (χ2v) is 6.89. The lowest BCUT2D eigenvalue weighted by Gasteiger charge is -2.14. The maximum Gasteiger partial charge on any atom is 0.262 e. The van der Waals surface area contributed by atoms with E-state index in [-0.39, 0.29) is 12.5 Å². The zero-order chi connectivity index (χ0) is 20.6. The maximum absolute atomic E-state index is 12.1. The molecule has 3 aromatic rings. The third kappa shape index (κ3) is 6.01. The summed E-state index contributed by atoms with van der Waals surface area (Å²) in [7, 11) is 1.54. The van der Waals surface area contributed by atoms with E-state index >= 15 is 0 Å². The Morgan fingerprint density at radius 1 is 1.10 bits per heavy atom. The highest BCUT2D eigenvalue weighted by molar-refractivity contribution is 6.31. The molecule has 2 aromatic carbocycles. The summed E-state index contributed by atoms with van der Waals surface area (Å²) >= 11 is 6.38. The van der Waals surface area contributed by atoms with Gasteiger partial charge in [-0.05, 0) is 42.8 Å². The fourth-order valence-electron chi connectivity index (χ4n) is 2.70. The van der Waals surface area contributed by atoms with Gasteiger partial charge in [0.05, 0.1) is 19.9 Å². The van der Waals surface area contributed by atoms with Gasteiger partial charge in [-0.1, -0.05) is 29.3 Å². The first-order valence-corrected chi connectivity index (χ1v) is 9.52. The van der Waals surface area contributed by atoms with E-state index in [4.69, 9.17) is 25.5 Å².